The number of nitrogen functional groups attached to an aromatic ring is 1. The number of nitrogens with one attached hydrogen (secondary N) is 1. The highest BCUT2D eigenvalue weighted by atomic mass is 16.2. The molecule has 1 aliphatic rings. The number of hydrogen-bond acceptors (Lipinski definition) is 3. The van der Waals surface area contributed by atoms with Crippen molar-refractivity contribution in [2.24, 2.45) is 0 Å². The molecule has 5 heteroatoms. The van der Waals surface area contributed by atoms with E-state index in [1.807, 2.05) is 16.7 Å². The summed E-state index contributed by atoms with van der Waals surface area (Å²) >= 11 is 0. The Labute approximate surface area is 141 Å². The fourth-order valence-corrected chi connectivity index (χ4v) is 3.47. The summed E-state index contributed by atoms with van der Waals surface area (Å²) in [7, 11) is 0. The molecule has 1 aromatic carbocycles. The van der Waals surface area contributed by atoms with Crippen LogP contribution in [0, 0.1) is 0 Å². The van der Waals surface area contributed by atoms with Crippen LogP contribution in [-0.4, -0.2) is 16.5 Å². The maximum Gasteiger partial charge on any atom is 0.256 e. The monoisotopic (exact) mass is 327 g/mol. The fraction of sp³-hybridized carbons (Fsp3) is 0.474. The number of fused-ring (bicyclic) bond motifs is 1. The molecule has 0 aliphatic heterocycles. The number of pyridine rings is 1. The first-order valence-electron chi connectivity index (χ1n) is 8.84. The van der Waals surface area contributed by atoms with E-state index >= 15 is 0 Å². The summed E-state index contributed by atoms with van der Waals surface area (Å²) in [5, 5.41) is 3.46. The minimum Gasteiger partial charge on any atom is -0.398 e. The van der Waals surface area contributed by atoms with E-state index in [-0.39, 0.29) is 22.9 Å². The van der Waals surface area contributed by atoms with Gasteiger partial charge in [0.1, 0.15) is 5.56 Å². The van der Waals surface area contributed by atoms with Gasteiger partial charge < -0.3 is 15.6 Å². The second kappa shape index (κ2) is 7.07. The second-order valence-corrected chi connectivity index (χ2v) is 6.62. The van der Waals surface area contributed by atoms with E-state index in [0.29, 0.717) is 11.1 Å². The van der Waals surface area contributed by atoms with Gasteiger partial charge in [0.05, 0.1) is 10.9 Å². The van der Waals surface area contributed by atoms with Crippen LogP contribution in [0.25, 0.3) is 10.9 Å². The lowest BCUT2D eigenvalue weighted by Gasteiger charge is -2.16. The number of rotatable bonds is 5. The van der Waals surface area contributed by atoms with E-state index in [4.69, 9.17) is 5.73 Å². The zero-order chi connectivity index (χ0) is 17.1. The Hall–Kier alpha value is -2.30. The lowest BCUT2D eigenvalue weighted by atomic mass is 10.1. The fourth-order valence-electron chi connectivity index (χ4n) is 3.47. The largest absolute Gasteiger partial charge is 0.398 e. The minimum absolute atomic E-state index is 0.185. The number of nitrogens with zero attached hydrogens (tertiary/aromatic N) is 1. The van der Waals surface area contributed by atoms with Gasteiger partial charge in [-0.3, -0.25) is 9.59 Å². The summed E-state index contributed by atoms with van der Waals surface area (Å²) in [5.74, 6) is -0.276. The van der Waals surface area contributed by atoms with Crippen LogP contribution < -0.4 is 16.5 Å². The molecule has 0 saturated heterocycles. The average Bonchev–Trinajstić information content (AvgIpc) is 3.07. The molecule has 1 saturated carbocycles. The normalized spacial score (nSPS) is 15.0. The highest BCUT2D eigenvalue weighted by Crippen LogP contribution is 2.20. The molecule has 1 aromatic heterocycles. The number of amides is 1. The molecule has 1 aliphatic carbocycles. The predicted octanol–water partition coefficient (Wildman–Crippen LogP) is 3.06. The first-order valence-corrected chi connectivity index (χ1v) is 8.84. The molecule has 0 bridgehead atoms. The van der Waals surface area contributed by atoms with E-state index in [2.05, 4.69) is 12.2 Å². The van der Waals surface area contributed by atoms with Crippen molar-refractivity contribution >= 4 is 22.5 Å². The van der Waals surface area contributed by atoms with Gasteiger partial charge >= 0.3 is 0 Å². The summed E-state index contributed by atoms with van der Waals surface area (Å²) in [6, 6.07) is 5.64. The van der Waals surface area contributed by atoms with Gasteiger partial charge in [-0.1, -0.05) is 32.3 Å². The molecule has 2 aromatic rings. The third-order valence-corrected chi connectivity index (χ3v) is 4.83. The highest BCUT2D eigenvalue weighted by molar-refractivity contribution is 6.00. The van der Waals surface area contributed by atoms with Crippen molar-refractivity contribution in [2.45, 2.75) is 58.0 Å². The number of nitrogens with two attached hydrogens (primary N) is 1. The molecule has 5 nitrogen and oxygen atoms in total. The topological polar surface area (TPSA) is 77.1 Å². The Morgan fingerprint density at radius 3 is 2.79 bits per heavy atom. The number of benzene rings is 1. The number of aromatic nitrogens is 1. The molecule has 0 atom stereocenters. The van der Waals surface area contributed by atoms with Crippen molar-refractivity contribution in [3.05, 3.63) is 40.2 Å². The van der Waals surface area contributed by atoms with E-state index in [9.17, 15) is 9.59 Å². The van der Waals surface area contributed by atoms with E-state index < -0.39 is 0 Å². The van der Waals surface area contributed by atoms with Crippen LogP contribution in [0.1, 0.15) is 55.8 Å². The third kappa shape index (κ3) is 3.16. The zero-order valence-corrected chi connectivity index (χ0v) is 14.2. The first kappa shape index (κ1) is 16.6. The second-order valence-electron chi connectivity index (χ2n) is 6.62. The van der Waals surface area contributed by atoms with Crippen molar-refractivity contribution in [1.29, 1.82) is 0 Å². The van der Waals surface area contributed by atoms with Crippen molar-refractivity contribution in [2.75, 3.05) is 5.73 Å². The lowest BCUT2D eigenvalue weighted by molar-refractivity contribution is 0.0936. The number of anilines is 1. The van der Waals surface area contributed by atoms with Crippen LogP contribution in [0.2, 0.25) is 0 Å². The lowest BCUT2D eigenvalue weighted by Crippen LogP contribution is -2.36. The van der Waals surface area contributed by atoms with Crippen molar-refractivity contribution < 1.29 is 4.79 Å². The summed E-state index contributed by atoms with van der Waals surface area (Å²) in [5.41, 5.74) is 7.19. The van der Waals surface area contributed by atoms with Crippen LogP contribution in [0.15, 0.2) is 29.2 Å². The van der Waals surface area contributed by atoms with Gasteiger partial charge in [0, 0.05) is 24.5 Å². The molecule has 1 fully saturated rings. The molecular weight excluding hydrogens is 302 g/mol. The number of unbranched alkanes of at least 4 members (excludes halogenated alkanes) is 1. The number of hydrogen-bond donors (Lipinski definition) is 2. The summed E-state index contributed by atoms with van der Waals surface area (Å²) in [6.07, 6.45) is 7.98. The van der Waals surface area contributed by atoms with Crippen LogP contribution in [0.5, 0.6) is 0 Å². The predicted molar refractivity (Wildman–Crippen MR) is 97.3 cm³/mol. The van der Waals surface area contributed by atoms with E-state index in [1.165, 1.54) is 0 Å². The smallest absolute Gasteiger partial charge is 0.256 e. The summed E-state index contributed by atoms with van der Waals surface area (Å²) in [4.78, 5) is 25.5. The van der Waals surface area contributed by atoms with Gasteiger partial charge in [0.2, 0.25) is 5.43 Å². The van der Waals surface area contributed by atoms with Gasteiger partial charge in [-0.05, 0) is 31.4 Å². The molecule has 1 amide bonds. The number of aryl methyl sites for hydroxylation is 1. The van der Waals surface area contributed by atoms with Gasteiger partial charge in [-0.25, -0.2) is 0 Å². The molecule has 0 spiro atoms. The first-order chi connectivity index (χ1) is 11.6. The highest BCUT2D eigenvalue weighted by Gasteiger charge is 2.21. The average molecular weight is 327 g/mol. The van der Waals surface area contributed by atoms with E-state index in [0.717, 1.165) is 50.6 Å². The SMILES string of the molecule is CCCCn1cc(C(=O)NC2CCCC2)c(=O)c2c(N)cccc21. The quantitative estimate of drug-likeness (QED) is 0.829. The molecule has 3 rings (SSSR count). The molecule has 0 unspecified atom stereocenters. The van der Waals surface area contributed by atoms with Crippen molar-refractivity contribution in [1.82, 2.24) is 9.88 Å². The van der Waals surface area contributed by atoms with Gasteiger partial charge in [-0.2, -0.15) is 0 Å². The maximum absolute atomic E-state index is 12.8. The third-order valence-electron chi connectivity index (χ3n) is 4.83. The Morgan fingerprint density at radius 1 is 1.33 bits per heavy atom. The molecule has 0 radical (unpaired) electrons. The van der Waals surface area contributed by atoms with Crippen molar-refractivity contribution in [3.63, 3.8) is 0 Å². The van der Waals surface area contributed by atoms with E-state index in [1.54, 1.807) is 12.3 Å². The summed E-state index contributed by atoms with van der Waals surface area (Å²) in [6.45, 7) is 2.88. The minimum atomic E-state index is -0.276. The molecule has 128 valence electrons. The summed E-state index contributed by atoms with van der Waals surface area (Å²) < 4.78 is 1.99. The van der Waals surface area contributed by atoms with Crippen molar-refractivity contribution in [3.8, 4) is 0 Å². The maximum atomic E-state index is 12.8. The van der Waals surface area contributed by atoms with Crippen LogP contribution in [-0.2, 0) is 6.54 Å². The van der Waals surface area contributed by atoms with Crippen LogP contribution in [0.3, 0.4) is 0 Å². The number of carbonyl (C=O) groups is 1. The molecule has 24 heavy (non-hydrogen) atoms. The van der Waals surface area contributed by atoms with Gasteiger partial charge in [0.15, 0.2) is 0 Å². The Kier molecular flexibility index (Phi) is 4.88. The molecular formula is C19H25N3O2. The van der Waals surface area contributed by atoms with Gasteiger partial charge in [-0.15, -0.1) is 0 Å². The molecule has 3 N–H and O–H groups in total. The number of carbonyl (C=O) groups excluding carboxylic acids is 1. The standard InChI is InChI=1S/C19H25N3O2/c1-2-3-11-22-12-14(19(24)21-13-7-4-5-8-13)18(23)17-15(20)9-6-10-16(17)22/h6,9-10,12-13H,2-5,7-8,11,20H2,1H3,(H,21,24). The van der Waals surface area contributed by atoms with Crippen LogP contribution >= 0.6 is 0 Å². The Morgan fingerprint density at radius 2 is 2.08 bits per heavy atom. The zero-order valence-electron chi connectivity index (χ0n) is 14.2. The Bertz CT molecular complexity index is 804. The van der Waals surface area contributed by atoms with Crippen LogP contribution in [0.4, 0.5) is 5.69 Å². The van der Waals surface area contributed by atoms with Gasteiger partial charge in [0.25, 0.3) is 5.91 Å². The molecule has 1 heterocycles. The Balaban J connectivity index is 2.06.